The van der Waals surface area contributed by atoms with Gasteiger partial charge in [-0.3, -0.25) is 0 Å². The van der Waals surface area contributed by atoms with E-state index in [1.54, 1.807) is 7.11 Å². The topological polar surface area (TPSA) is 26.2 Å². The molecule has 0 spiro atoms. The van der Waals surface area contributed by atoms with E-state index in [2.05, 4.69) is 36.0 Å². The van der Waals surface area contributed by atoms with Crippen LogP contribution in [-0.4, -0.2) is 24.8 Å². The molecule has 0 amide bonds. The molecule has 0 aliphatic carbocycles. The largest absolute Gasteiger partial charge is 0.495 e. The third kappa shape index (κ3) is 1.93. The van der Waals surface area contributed by atoms with Crippen LogP contribution in [-0.2, 0) is 7.05 Å². The van der Waals surface area contributed by atoms with Gasteiger partial charge >= 0.3 is 0 Å². The van der Waals surface area contributed by atoms with Crippen LogP contribution in [0.3, 0.4) is 0 Å². The Balaban J connectivity index is 2.19. The number of hydrogen-bond donors (Lipinski definition) is 1. The first-order chi connectivity index (χ1) is 9.24. The summed E-state index contributed by atoms with van der Waals surface area (Å²) in [6.45, 7) is 4.49. The number of rotatable bonds is 2. The van der Waals surface area contributed by atoms with Gasteiger partial charge in [0.2, 0.25) is 0 Å². The lowest BCUT2D eigenvalue weighted by molar-refractivity contribution is 0.416. The lowest BCUT2D eigenvalue weighted by Crippen LogP contribution is -2.29. The molecule has 2 aromatic rings. The Morgan fingerprint density at radius 3 is 2.89 bits per heavy atom. The molecule has 3 nitrogen and oxygen atoms in total. The molecule has 102 valence electrons. The van der Waals surface area contributed by atoms with E-state index in [1.165, 1.54) is 35.0 Å². The summed E-state index contributed by atoms with van der Waals surface area (Å²) in [5.41, 5.74) is 4.10. The van der Waals surface area contributed by atoms with Gasteiger partial charge in [-0.15, -0.1) is 0 Å². The second-order valence-corrected chi connectivity index (χ2v) is 5.47. The second-order valence-electron chi connectivity index (χ2n) is 5.47. The Morgan fingerprint density at radius 1 is 1.37 bits per heavy atom. The third-order valence-electron chi connectivity index (χ3n) is 4.39. The van der Waals surface area contributed by atoms with E-state index in [0.29, 0.717) is 5.92 Å². The normalized spacial score (nSPS) is 19.8. The molecule has 3 rings (SSSR count). The van der Waals surface area contributed by atoms with Crippen LogP contribution in [0.2, 0.25) is 0 Å². The van der Waals surface area contributed by atoms with Gasteiger partial charge in [0.25, 0.3) is 0 Å². The summed E-state index contributed by atoms with van der Waals surface area (Å²) in [4.78, 5) is 0. The zero-order valence-corrected chi connectivity index (χ0v) is 12.0. The summed E-state index contributed by atoms with van der Waals surface area (Å²) in [7, 11) is 3.92. The standard InChI is InChI=1S/C16H22N2O/c1-11-13-7-4-8-14(19-3)16(13)18(2)15(11)12-6-5-9-17-10-12/h4,7-8,12,17H,5-6,9-10H2,1-3H3. The molecule has 1 atom stereocenters. The van der Waals surface area contributed by atoms with Crippen LogP contribution in [0.4, 0.5) is 0 Å². The summed E-state index contributed by atoms with van der Waals surface area (Å²) in [5.74, 6) is 1.59. The average Bonchev–Trinajstić information content (AvgIpc) is 2.72. The van der Waals surface area contributed by atoms with Crippen molar-refractivity contribution >= 4 is 10.9 Å². The number of aromatic nitrogens is 1. The molecular weight excluding hydrogens is 236 g/mol. The fourth-order valence-corrected chi connectivity index (χ4v) is 3.51. The van der Waals surface area contributed by atoms with Gasteiger partial charge in [0, 0.05) is 30.6 Å². The molecule has 1 aromatic carbocycles. The number of methoxy groups -OCH3 is 1. The van der Waals surface area contributed by atoms with E-state index in [4.69, 9.17) is 4.74 Å². The first kappa shape index (κ1) is 12.5. The van der Waals surface area contributed by atoms with Crippen molar-refractivity contribution in [3.05, 3.63) is 29.5 Å². The molecule has 0 bridgehead atoms. The Hall–Kier alpha value is -1.48. The fourth-order valence-electron chi connectivity index (χ4n) is 3.51. The van der Waals surface area contributed by atoms with E-state index < -0.39 is 0 Å². The monoisotopic (exact) mass is 258 g/mol. The van der Waals surface area contributed by atoms with Crippen LogP contribution >= 0.6 is 0 Å². The summed E-state index contributed by atoms with van der Waals surface area (Å²) >= 11 is 0. The van der Waals surface area contributed by atoms with Gasteiger partial charge in [-0.05, 0) is 37.9 Å². The van der Waals surface area contributed by atoms with Crippen molar-refractivity contribution in [3.63, 3.8) is 0 Å². The highest BCUT2D eigenvalue weighted by molar-refractivity contribution is 5.90. The van der Waals surface area contributed by atoms with Crippen molar-refractivity contribution in [1.29, 1.82) is 0 Å². The molecule has 1 N–H and O–H groups in total. The maximum Gasteiger partial charge on any atom is 0.143 e. The molecule has 1 aliphatic heterocycles. The summed E-state index contributed by atoms with van der Waals surface area (Å²) in [6.07, 6.45) is 2.54. The number of fused-ring (bicyclic) bond motifs is 1. The predicted molar refractivity (Wildman–Crippen MR) is 79.1 cm³/mol. The Kier molecular flexibility index (Phi) is 3.23. The smallest absolute Gasteiger partial charge is 0.143 e. The zero-order valence-electron chi connectivity index (χ0n) is 12.0. The Bertz CT molecular complexity index is 594. The third-order valence-corrected chi connectivity index (χ3v) is 4.39. The number of piperidine rings is 1. The van der Waals surface area contributed by atoms with Crippen molar-refractivity contribution in [2.24, 2.45) is 7.05 Å². The Labute approximate surface area is 114 Å². The number of aryl methyl sites for hydroxylation is 2. The van der Waals surface area contributed by atoms with Crippen molar-refractivity contribution < 1.29 is 4.74 Å². The number of nitrogens with one attached hydrogen (secondary N) is 1. The number of benzene rings is 1. The highest BCUT2D eigenvalue weighted by atomic mass is 16.5. The van der Waals surface area contributed by atoms with Crippen molar-refractivity contribution in [1.82, 2.24) is 9.88 Å². The first-order valence-electron chi connectivity index (χ1n) is 7.06. The molecule has 1 aliphatic rings. The number of para-hydroxylation sites is 1. The quantitative estimate of drug-likeness (QED) is 0.896. The van der Waals surface area contributed by atoms with E-state index in [1.807, 2.05) is 6.07 Å². The molecule has 0 saturated carbocycles. The lowest BCUT2D eigenvalue weighted by Gasteiger charge is -2.24. The van der Waals surface area contributed by atoms with Gasteiger partial charge in [0.15, 0.2) is 0 Å². The van der Waals surface area contributed by atoms with Gasteiger partial charge in [0.05, 0.1) is 12.6 Å². The molecule has 1 unspecified atom stereocenters. The number of hydrogen-bond acceptors (Lipinski definition) is 2. The average molecular weight is 258 g/mol. The molecule has 1 fully saturated rings. The van der Waals surface area contributed by atoms with E-state index in [0.717, 1.165) is 18.8 Å². The van der Waals surface area contributed by atoms with Crippen molar-refractivity contribution in [2.75, 3.05) is 20.2 Å². The molecule has 1 aromatic heterocycles. The van der Waals surface area contributed by atoms with Crippen LogP contribution < -0.4 is 10.1 Å². The van der Waals surface area contributed by atoms with Crippen LogP contribution in [0.5, 0.6) is 5.75 Å². The summed E-state index contributed by atoms with van der Waals surface area (Å²) in [5, 5.41) is 4.84. The van der Waals surface area contributed by atoms with Gasteiger partial charge in [0.1, 0.15) is 5.75 Å². The first-order valence-corrected chi connectivity index (χ1v) is 7.06. The minimum absolute atomic E-state index is 0.621. The number of nitrogens with zero attached hydrogens (tertiary/aromatic N) is 1. The van der Waals surface area contributed by atoms with E-state index in [-0.39, 0.29) is 0 Å². The molecular formula is C16H22N2O. The molecule has 19 heavy (non-hydrogen) atoms. The van der Waals surface area contributed by atoms with Crippen LogP contribution in [0.15, 0.2) is 18.2 Å². The molecule has 2 heterocycles. The molecule has 0 radical (unpaired) electrons. The van der Waals surface area contributed by atoms with Gasteiger partial charge in [-0.25, -0.2) is 0 Å². The summed E-state index contributed by atoms with van der Waals surface area (Å²) < 4.78 is 7.86. The van der Waals surface area contributed by atoms with E-state index >= 15 is 0 Å². The van der Waals surface area contributed by atoms with Crippen molar-refractivity contribution in [3.8, 4) is 5.75 Å². The predicted octanol–water partition coefficient (Wildman–Crippen LogP) is 2.96. The number of ether oxygens (including phenoxy) is 1. The molecule has 1 saturated heterocycles. The SMILES string of the molecule is COc1cccc2c(C)c(C3CCCNC3)n(C)c12. The highest BCUT2D eigenvalue weighted by Crippen LogP contribution is 2.36. The zero-order chi connectivity index (χ0) is 13.4. The second kappa shape index (κ2) is 4.89. The molecule has 3 heteroatoms. The summed E-state index contributed by atoms with van der Waals surface area (Å²) in [6, 6.07) is 6.33. The van der Waals surface area contributed by atoms with Crippen LogP contribution in [0.1, 0.15) is 30.0 Å². The van der Waals surface area contributed by atoms with E-state index in [9.17, 15) is 0 Å². The maximum atomic E-state index is 5.53. The van der Waals surface area contributed by atoms with Gasteiger partial charge in [-0.1, -0.05) is 12.1 Å². The van der Waals surface area contributed by atoms with Crippen LogP contribution in [0.25, 0.3) is 10.9 Å². The fraction of sp³-hybridized carbons (Fsp3) is 0.500. The lowest BCUT2D eigenvalue weighted by atomic mass is 9.93. The maximum absolute atomic E-state index is 5.53. The highest BCUT2D eigenvalue weighted by Gasteiger charge is 2.23. The van der Waals surface area contributed by atoms with Crippen molar-refractivity contribution in [2.45, 2.75) is 25.7 Å². The minimum atomic E-state index is 0.621. The van der Waals surface area contributed by atoms with Crippen LogP contribution in [0, 0.1) is 6.92 Å². The minimum Gasteiger partial charge on any atom is -0.495 e. The van der Waals surface area contributed by atoms with Gasteiger partial charge in [-0.2, -0.15) is 0 Å². The van der Waals surface area contributed by atoms with Gasteiger partial charge < -0.3 is 14.6 Å². The Morgan fingerprint density at radius 2 is 2.21 bits per heavy atom.